The zero-order valence-electron chi connectivity index (χ0n) is 11.9. The minimum absolute atomic E-state index is 0.0142. The summed E-state index contributed by atoms with van der Waals surface area (Å²) >= 11 is 0. The maximum atomic E-state index is 12.1. The van der Waals surface area contributed by atoms with Gasteiger partial charge in [-0.2, -0.15) is 13.2 Å². The molecule has 4 nitrogen and oxygen atoms in total. The maximum Gasteiger partial charge on any atom is 0.422 e. The van der Waals surface area contributed by atoms with E-state index in [9.17, 15) is 13.2 Å². The summed E-state index contributed by atoms with van der Waals surface area (Å²) in [5.41, 5.74) is 8.05. The van der Waals surface area contributed by atoms with E-state index in [1.165, 1.54) is 0 Å². The molecule has 21 heavy (non-hydrogen) atoms. The number of hydrogen-bond donors (Lipinski definition) is 2. The van der Waals surface area contributed by atoms with Crippen molar-refractivity contribution in [1.29, 1.82) is 0 Å². The van der Waals surface area contributed by atoms with Gasteiger partial charge in [-0.1, -0.05) is 6.92 Å². The molecule has 3 N–H and O–H groups in total. The van der Waals surface area contributed by atoms with Gasteiger partial charge in [0.2, 0.25) is 5.88 Å². The first-order valence-electron chi connectivity index (χ1n) is 6.63. The number of alkyl halides is 3. The first kappa shape index (κ1) is 15.5. The average Bonchev–Trinajstić information content (AvgIpc) is 2.82. The molecule has 0 aliphatic carbocycles. The van der Waals surface area contributed by atoms with Gasteiger partial charge in [0.1, 0.15) is 0 Å². The smallest absolute Gasteiger partial charge is 0.422 e. The highest BCUT2D eigenvalue weighted by atomic mass is 19.4. The van der Waals surface area contributed by atoms with Gasteiger partial charge in [-0.3, -0.25) is 0 Å². The van der Waals surface area contributed by atoms with Crippen LogP contribution in [0.3, 0.4) is 0 Å². The highest BCUT2D eigenvalue weighted by Crippen LogP contribution is 2.28. The van der Waals surface area contributed by atoms with Gasteiger partial charge in [0.15, 0.2) is 6.61 Å². The van der Waals surface area contributed by atoms with Crippen molar-refractivity contribution in [2.75, 3.05) is 6.61 Å². The van der Waals surface area contributed by atoms with E-state index in [2.05, 4.69) is 10.3 Å². The lowest BCUT2D eigenvalue weighted by molar-refractivity contribution is -0.154. The molecule has 1 aliphatic heterocycles. The summed E-state index contributed by atoms with van der Waals surface area (Å²) < 4.78 is 41.1. The molecule has 0 spiro atoms. The molecular formula is C14H18F3N3O. The van der Waals surface area contributed by atoms with Gasteiger partial charge in [-0.05, 0) is 18.6 Å². The third kappa shape index (κ3) is 4.03. The van der Waals surface area contributed by atoms with Crippen molar-refractivity contribution < 1.29 is 17.9 Å². The zero-order chi connectivity index (χ0) is 15.6. The Morgan fingerprint density at radius 2 is 2.24 bits per heavy atom. The molecule has 2 atom stereocenters. The van der Waals surface area contributed by atoms with Crippen LogP contribution in [0.4, 0.5) is 13.2 Å². The quantitative estimate of drug-likeness (QED) is 0.897. The van der Waals surface area contributed by atoms with E-state index < -0.39 is 12.8 Å². The van der Waals surface area contributed by atoms with Crippen LogP contribution in [0.2, 0.25) is 0 Å². The van der Waals surface area contributed by atoms with Crippen molar-refractivity contribution in [2.24, 2.45) is 5.73 Å². The van der Waals surface area contributed by atoms with Crippen LogP contribution in [-0.4, -0.2) is 23.8 Å². The van der Waals surface area contributed by atoms with E-state index in [1.807, 2.05) is 6.92 Å². The SMILES string of the molecule is Cc1cc(C(C)C2CC(N)=CN2)cnc1OCC(F)(F)F. The van der Waals surface area contributed by atoms with E-state index in [-0.39, 0.29) is 17.8 Å². The van der Waals surface area contributed by atoms with E-state index in [1.54, 1.807) is 25.4 Å². The van der Waals surface area contributed by atoms with Crippen molar-refractivity contribution in [3.05, 3.63) is 35.3 Å². The van der Waals surface area contributed by atoms with Gasteiger partial charge in [-0.15, -0.1) is 0 Å². The number of nitrogens with one attached hydrogen (secondary N) is 1. The highest BCUT2D eigenvalue weighted by molar-refractivity contribution is 5.31. The van der Waals surface area contributed by atoms with Crippen LogP contribution in [0, 0.1) is 6.92 Å². The number of ether oxygens (including phenoxy) is 1. The molecule has 2 heterocycles. The minimum atomic E-state index is -4.36. The molecule has 2 rings (SSSR count). The Morgan fingerprint density at radius 3 is 2.76 bits per heavy atom. The number of hydrogen-bond acceptors (Lipinski definition) is 4. The third-order valence-corrected chi connectivity index (χ3v) is 3.49. The number of rotatable bonds is 4. The summed E-state index contributed by atoms with van der Waals surface area (Å²) in [6.07, 6.45) is -0.286. The second-order valence-corrected chi connectivity index (χ2v) is 5.28. The van der Waals surface area contributed by atoms with E-state index >= 15 is 0 Å². The van der Waals surface area contributed by atoms with Gasteiger partial charge in [0.05, 0.1) is 0 Å². The topological polar surface area (TPSA) is 60.2 Å². The van der Waals surface area contributed by atoms with Crippen LogP contribution in [0.25, 0.3) is 0 Å². The van der Waals surface area contributed by atoms with Crippen LogP contribution in [0.1, 0.15) is 30.4 Å². The Labute approximate surface area is 121 Å². The van der Waals surface area contributed by atoms with Crippen molar-refractivity contribution >= 4 is 0 Å². The molecule has 0 amide bonds. The summed E-state index contributed by atoms with van der Waals surface area (Å²) in [5.74, 6) is 0.158. The Balaban J connectivity index is 2.05. The second kappa shape index (κ2) is 5.83. The van der Waals surface area contributed by atoms with Crippen LogP contribution in [0.15, 0.2) is 24.2 Å². The molecule has 1 aliphatic rings. The first-order chi connectivity index (χ1) is 9.76. The fourth-order valence-electron chi connectivity index (χ4n) is 2.27. The summed E-state index contributed by atoms with van der Waals surface area (Å²) in [6, 6.07) is 1.98. The predicted octanol–water partition coefficient (Wildman–Crippen LogP) is 2.60. The van der Waals surface area contributed by atoms with Gasteiger partial charge in [-0.25, -0.2) is 4.98 Å². The summed E-state index contributed by atoms with van der Waals surface area (Å²) in [5, 5.41) is 3.19. The largest absolute Gasteiger partial charge is 0.468 e. The minimum Gasteiger partial charge on any atom is -0.468 e. The van der Waals surface area contributed by atoms with Gasteiger partial charge >= 0.3 is 6.18 Å². The molecule has 0 saturated heterocycles. The van der Waals surface area contributed by atoms with Crippen molar-refractivity contribution in [3.63, 3.8) is 0 Å². The van der Waals surface area contributed by atoms with Crippen LogP contribution in [-0.2, 0) is 0 Å². The van der Waals surface area contributed by atoms with E-state index in [4.69, 9.17) is 10.5 Å². The number of nitrogens with two attached hydrogens (primary N) is 1. The number of aromatic nitrogens is 1. The molecule has 116 valence electrons. The number of nitrogens with zero attached hydrogens (tertiary/aromatic N) is 1. The van der Waals surface area contributed by atoms with E-state index in [0.29, 0.717) is 5.56 Å². The molecule has 7 heteroatoms. The lowest BCUT2D eigenvalue weighted by Gasteiger charge is -2.21. The fraction of sp³-hybridized carbons (Fsp3) is 0.500. The fourth-order valence-corrected chi connectivity index (χ4v) is 2.27. The number of pyridine rings is 1. The van der Waals surface area contributed by atoms with Crippen LogP contribution in [0.5, 0.6) is 5.88 Å². The molecule has 0 bridgehead atoms. The molecule has 0 saturated carbocycles. The molecule has 2 unspecified atom stereocenters. The zero-order valence-corrected chi connectivity index (χ0v) is 11.9. The van der Waals surface area contributed by atoms with E-state index in [0.717, 1.165) is 17.7 Å². The summed E-state index contributed by atoms with van der Waals surface area (Å²) in [4.78, 5) is 3.99. The third-order valence-electron chi connectivity index (χ3n) is 3.49. The molecule has 0 radical (unpaired) electrons. The number of halogens is 3. The van der Waals surface area contributed by atoms with Crippen molar-refractivity contribution in [3.8, 4) is 5.88 Å². The predicted molar refractivity (Wildman–Crippen MR) is 72.8 cm³/mol. The number of aryl methyl sites for hydroxylation is 1. The second-order valence-electron chi connectivity index (χ2n) is 5.28. The van der Waals surface area contributed by atoms with Crippen molar-refractivity contribution in [2.45, 2.75) is 38.4 Å². The molecule has 0 fully saturated rings. The monoisotopic (exact) mass is 301 g/mol. The Kier molecular flexibility index (Phi) is 4.29. The summed E-state index contributed by atoms with van der Waals surface area (Å²) in [7, 11) is 0. The standard InChI is InChI=1S/C14H18F3N3O/c1-8-3-10(9(2)12-4-11(18)6-19-12)5-20-13(8)21-7-14(15,16)17/h3,5-6,9,12,19H,4,7,18H2,1-2H3. The van der Waals surface area contributed by atoms with Gasteiger partial charge in [0, 0.05) is 42.0 Å². The highest BCUT2D eigenvalue weighted by Gasteiger charge is 2.29. The first-order valence-corrected chi connectivity index (χ1v) is 6.63. The average molecular weight is 301 g/mol. The lowest BCUT2D eigenvalue weighted by atomic mass is 9.92. The molecule has 1 aromatic rings. The van der Waals surface area contributed by atoms with Crippen LogP contribution < -0.4 is 15.8 Å². The molecule has 0 aromatic carbocycles. The lowest BCUT2D eigenvalue weighted by Crippen LogP contribution is -2.26. The van der Waals surface area contributed by atoms with Gasteiger partial charge < -0.3 is 15.8 Å². The molecule has 1 aromatic heterocycles. The maximum absolute atomic E-state index is 12.1. The van der Waals surface area contributed by atoms with Crippen LogP contribution >= 0.6 is 0 Å². The Morgan fingerprint density at radius 1 is 1.52 bits per heavy atom. The Hall–Kier alpha value is -1.92. The van der Waals surface area contributed by atoms with Crippen molar-refractivity contribution in [1.82, 2.24) is 10.3 Å². The molecular weight excluding hydrogens is 283 g/mol. The van der Waals surface area contributed by atoms with Gasteiger partial charge in [0.25, 0.3) is 0 Å². The Bertz CT molecular complexity index is 543. The summed E-state index contributed by atoms with van der Waals surface area (Å²) in [6.45, 7) is 2.38. The normalized spacial score (nSPS) is 19.9.